The van der Waals surface area contributed by atoms with Crippen LogP contribution in [0.25, 0.3) is 0 Å². The second kappa shape index (κ2) is 6.27. The van der Waals surface area contributed by atoms with Crippen molar-refractivity contribution in [3.8, 4) is 0 Å². The molecular weight excluding hydrogens is 308 g/mol. The van der Waals surface area contributed by atoms with Gasteiger partial charge in [0.05, 0.1) is 13.0 Å². The van der Waals surface area contributed by atoms with Crippen LogP contribution >= 0.6 is 0 Å². The smallest absolute Gasteiger partial charge is 0.308 e. The van der Waals surface area contributed by atoms with E-state index < -0.39 is 0 Å². The molecule has 0 aliphatic heterocycles. The highest BCUT2D eigenvalue weighted by atomic mass is 16.5. The molecule has 0 bridgehead atoms. The molecule has 0 amide bonds. The number of esters is 1. The second-order valence-corrected chi connectivity index (χ2v) is 10.4. The zero-order valence-electron chi connectivity index (χ0n) is 16.9. The largest absolute Gasteiger partial charge is 0.469 e. The number of fused-ring (bicyclic) bond motifs is 5. The van der Waals surface area contributed by atoms with Crippen molar-refractivity contribution in [3.63, 3.8) is 0 Å². The quantitative estimate of drug-likeness (QED) is 0.587. The van der Waals surface area contributed by atoms with Crippen LogP contribution in [0.15, 0.2) is 0 Å². The number of carbonyl (C=O) groups is 1. The Balaban J connectivity index is 1.58. The Kier molecular flexibility index (Phi) is 4.48. The number of hydrogen-bond donors (Lipinski definition) is 0. The lowest BCUT2D eigenvalue weighted by Crippen LogP contribution is -2.53. The van der Waals surface area contributed by atoms with Crippen LogP contribution < -0.4 is 0 Å². The SMILES string of the molecule is COC(=O)[C@H](C)[C@@H]1CC[C@@H]2[C@H]3CC[C@H]4CCCC[C@]4(C)[C@@H]3CC[C@@]21C. The van der Waals surface area contributed by atoms with Crippen LogP contribution in [-0.4, -0.2) is 13.1 Å². The van der Waals surface area contributed by atoms with Crippen molar-refractivity contribution in [3.05, 3.63) is 0 Å². The van der Waals surface area contributed by atoms with Gasteiger partial charge in [0, 0.05) is 0 Å². The third-order valence-corrected chi connectivity index (χ3v) is 9.83. The summed E-state index contributed by atoms with van der Waals surface area (Å²) < 4.78 is 5.10. The van der Waals surface area contributed by atoms with E-state index in [1.165, 1.54) is 64.2 Å². The van der Waals surface area contributed by atoms with E-state index >= 15 is 0 Å². The molecule has 0 saturated heterocycles. The van der Waals surface area contributed by atoms with Gasteiger partial charge in [0.2, 0.25) is 0 Å². The lowest BCUT2D eigenvalue weighted by molar-refractivity contribution is -0.151. The molecule has 4 aliphatic carbocycles. The minimum absolute atomic E-state index is 0.0111. The highest BCUT2D eigenvalue weighted by Gasteiger charge is 2.60. The monoisotopic (exact) mass is 346 g/mol. The molecule has 0 N–H and O–H groups in total. The Labute approximate surface area is 154 Å². The van der Waals surface area contributed by atoms with Crippen LogP contribution in [0.2, 0.25) is 0 Å². The summed E-state index contributed by atoms with van der Waals surface area (Å²) in [6.07, 6.45) is 14.2. The van der Waals surface area contributed by atoms with E-state index in [-0.39, 0.29) is 11.9 Å². The molecule has 2 heteroatoms. The van der Waals surface area contributed by atoms with Crippen molar-refractivity contribution in [2.45, 2.75) is 85.0 Å². The van der Waals surface area contributed by atoms with Crippen LogP contribution in [0, 0.1) is 46.3 Å². The maximum Gasteiger partial charge on any atom is 0.308 e. The summed E-state index contributed by atoms with van der Waals surface area (Å²) in [5, 5.41) is 0. The molecule has 25 heavy (non-hydrogen) atoms. The van der Waals surface area contributed by atoms with Gasteiger partial charge in [-0.15, -0.1) is 0 Å². The van der Waals surface area contributed by atoms with E-state index in [1.54, 1.807) is 7.11 Å². The molecule has 0 unspecified atom stereocenters. The first-order chi connectivity index (χ1) is 11.9. The van der Waals surface area contributed by atoms with E-state index in [4.69, 9.17) is 4.74 Å². The van der Waals surface area contributed by atoms with Gasteiger partial charge < -0.3 is 4.74 Å². The number of methoxy groups -OCH3 is 1. The van der Waals surface area contributed by atoms with E-state index in [0.29, 0.717) is 16.7 Å². The summed E-state index contributed by atoms with van der Waals surface area (Å²) in [6, 6.07) is 0. The minimum Gasteiger partial charge on any atom is -0.469 e. The van der Waals surface area contributed by atoms with Gasteiger partial charge in [-0.1, -0.05) is 33.6 Å². The Morgan fingerprint density at radius 3 is 2.44 bits per heavy atom. The molecule has 4 aliphatic rings. The fourth-order valence-corrected chi connectivity index (χ4v) is 8.51. The van der Waals surface area contributed by atoms with Gasteiger partial charge in [0.25, 0.3) is 0 Å². The fraction of sp³-hybridized carbons (Fsp3) is 0.957. The molecule has 2 nitrogen and oxygen atoms in total. The third-order valence-electron chi connectivity index (χ3n) is 9.83. The fourth-order valence-electron chi connectivity index (χ4n) is 8.51. The topological polar surface area (TPSA) is 26.3 Å². The third kappa shape index (κ3) is 2.52. The predicted octanol–water partition coefficient (Wildman–Crippen LogP) is 5.84. The summed E-state index contributed by atoms with van der Waals surface area (Å²) in [7, 11) is 1.55. The molecule has 0 aromatic rings. The average Bonchev–Trinajstić information content (AvgIpc) is 2.97. The first-order valence-electron chi connectivity index (χ1n) is 11.0. The van der Waals surface area contributed by atoms with Gasteiger partial charge in [-0.25, -0.2) is 0 Å². The van der Waals surface area contributed by atoms with Gasteiger partial charge in [0.1, 0.15) is 0 Å². The molecule has 4 rings (SSSR count). The first kappa shape index (κ1) is 17.9. The van der Waals surface area contributed by atoms with Crippen molar-refractivity contribution in [2.75, 3.05) is 7.11 Å². The summed E-state index contributed by atoms with van der Waals surface area (Å²) in [5.41, 5.74) is 0.987. The van der Waals surface area contributed by atoms with Crippen molar-refractivity contribution in [2.24, 2.45) is 46.3 Å². The summed E-state index contributed by atoms with van der Waals surface area (Å²) in [5.74, 6) is 4.34. The number of ether oxygens (including phenoxy) is 1. The van der Waals surface area contributed by atoms with E-state index in [0.717, 1.165) is 23.7 Å². The maximum absolute atomic E-state index is 12.2. The van der Waals surface area contributed by atoms with Crippen molar-refractivity contribution in [1.82, 2.24) is 0 Å². The van der Waals surface area contributed by atoms with Gasteiger partial charge in [-0.2, -0.15) is 0 Å². The molecule has 0 spiro atoms. The minimum atomic E-state index is 0.0111. The van der Waals surface area contributed by atoms with Crippen LogP contribution in [0.4, 0.5) is 0 Å². The molecule has 8 atom stereocenters. The van der Waals surface area contributed by atoms with Gasteiger partial charge in [0.15, 0.2) is 0 Å². The summed E-state index contributed by atoms with van der Waals surface area (Å²) in [4.78, 5) is 12.2. The van der Waals surface area contributed by atoms with Crippen LogP contribution in [0.1, 0.15) is 85.0 Å². The number of hydrogen-bond acceptors (Lipinski definition) is 2. The standard InChI is InChI=1S/C23H38O2/c1-15(21(24)25-4)18-10-11-19-17-9-8-16-7-5-6-13-22(16,2)20(17)12-14-23(18,19)3/h15-20H,5-14H2,1-4H3/t15-,16-,17-,18+,19-,20-,22+,23-/m1/s1. The maximum atomic E-state index is 12.2. The van der Waals surface area contributed by atoms with Crippen LogP contribution in [0.5, 0.6) is 0 Å². The summed E-state index contributed by atoms with van der Waals surface area (Å²) in [6.45, 7) is 7.30. The Morgan fingerprint density at radius 1 is 0.920 bits per heavy atom. The van der Waals surface area contributed by atoms with Crippen LogP contribution in [-0.2, 0) is 9.53 Å². The first-order valence-corrected chi connectivity index (χ1v) is 11.0. The molecule has 0 aromatic heterocycles. The van der Waals surface area contributed by atoms with Crippen molar-refractivity contribution < 1.29 is 9.53 Å². The predicted molar refractivity (Wildman–Crippen MR) is 101 cm³/mol. The van der Waals surface area contributed by atoms with E-state index in [9.17, 15) is 4.79 Å². The molecular formula is C23H38O2. The van der Waals surface area contributed by atoms with Crippen molar-refractivity contribution >= 4 is 5.97 Å². The zero-order chi connectivity index (χ0) is 17.8. The Bertz CT molecular complexity index is 528. The Hall–Kier alpha value is -0.530. The van der Waals surface area contributed by atoms with Gasteiger partial charge >= 0.3 is 5.97 Å². The molecule has 4 fully saturated rings. The number of carbonyl (C=O) groups excluding carboxylic acids is 1. The lowest BCUT2D eigenvalue weighted by atomic mass is 9.44. The number of rotatable bonds is 2. The molecule has 0 aromatic carbocycles. The van der Waals surface area contributed by atoms with E-state index in [1.807, 2.05) is 0 Å². The van der Waals surface area contributed by atoms with E-state index in [2.05, 4.69) is 20.8 Å². The zero-order valence-corrected chi connectivity index (χ0v) is 16.9. The highest BCUT2D eigenvalue weighted by Crippen LogP contribution is 2.68. The second-order valence-electron chi connectivity index (χ2n) is 10.4. The Morgan fingerprint density at radius 2 is 1.68 bits per heavy atom. The summed E-state index contributed by atoms with van der Waals surface area (Å²) >= 11 is 0. The van der Waals surface area contributed by atoms with Gasteiger partial charge in [-0.3, -0.25) is 4.79 Å². The molecule has 0 radical (unpaired) electrons. The molecule has 4 saturated carbocycles. The highest BCUT2D eigenvalue weighted by molar-refractivity contribution is 5.72. The molecule has 0 heterocycles. The van der Waals surface area contributed by atoms with Crippen molar-refractivity contribution in [1.29, 1.82) is 0 Å². The van der Waals surface area contributed by atoms with Gasteiger partial charge in [-0.05, 0) is 91.8 Å². The lowest BCUT2D eigenvalue weighted by Gasteiger charge is -2.60. The molecule has 142 valence electrons. The average molecular weight is 347 g/mol. The van der Waals surface area contributed by atoms with Crippen LogP contribution in [0.3, 0.4) is 0 Å². The normalized spacial score (nSPS) is 50.3.